The first-order valence-electron chi connectivity index (χ1n) is 12.1. The lowest BCUT2D eigenvalue weighted by Gasteiger charge is -2.27. The number of benzene rings is 1. The molecule has 5 unspecified atom stereocenters. The fraction of sp³-hybridized carbons (Fsp3) is 0.560. The van der Waals surface area contributed by atoms with E-state index in [0.29, 0.717) is 12.0 Å². The van der Waals surface area contributed by atoms with E-state index >= 15 is 0 Å². The van der Waals surface area contributed by atoms with E-state index in [0.717, 1.165) is 0 Å². The van der Waals surface area contributed by atoms with Gasteiger partial charge in [0.1, 0.15) is 18.1 Å². The standard InChI is InChI=1S/C25H39N5O6/c1-5-15(4)20(27)23(33)30-21(14(2)3)24(34)28-17(11-12-19(26)31)22(32)29-18(25(35)36)13-16-9-7-6-8-10-16/h6-10,14-15,17-18,20-21H,5,11-13,27H2,1-4H3,(H2,26,31)(H,28,34)(H,29,32)(H,30,33)(H,35,36). The molecule has 4 amide bonds. The van der Waals surface area contributed by atoms with Gasteiger partial charge in [-0.05, 0) is 23.8 Å². The van der Waals surface area contributed by atoms with Gasteiger partial charge in [-0.3, -0.25) is 19.2 Å². The molecule has 0 aliphatic rings. The minimum Gasteiger partial charge on any atom is -0.480 e. The van der Waals surface area contributed by atoms with Crippen LogP contribution in [0.3, 0.4) is 0 Å². The average molecular weight is 506 g/mol. The van der Waals surface area contributed by atoms with Crippen molar-refractivity contribution in [1.29, 1.82) is 0 Å². The number of hydrogen-bond acceptors (Lipinski definition) is 6. The SMILES string of the molecule is CCC(C)C(N)C(=O)NC(C(=O)NC(CCC(N)=O)C(=O)NC(Cc1ccccc1)C(=O)O)C(C)C. The summed E-state index contributed by atoms with van der Waals surface area (Å²) in [6.45, 7) is 7.16. The Labute approximate surface area is 211 Å². The largest absolute Gasteiger partial charge is 0.480 e. The Morgan fingerprint density at radius 3 is 1.97 bits per heavy atom. The molecule has 11 nitrogen and oxygen atoms in total. The molecule has 1 aromatic carbocycles. The third-order valence-electron chi connectivity index (χ3n) is 6.02. The normalized spacial score (nSPS) is 15.2. The van der Waals surface area contributed by atoms with Crippen LogP contribution in [0.4, 0.5) is 0 Å². The zero-order valence-electron chi connectivity index (χ0n) is 21.3. The summed E-state index contributed by atoms with van der Waals surface area (Å²) in [5.74, 6) is -4.32. The summed E-state index contributed by atoms with van der Waals surface area (Å²) in [6, 6.07) is 4.42. The van der Waals surface area contributed by atoms with Gasteiger partial charge in [-0.2, -0.15) is 0 Å². The average Bonchev–Trinajstić information content (AvgIpc) is 2.83. The van der Waals surface area contributed by atoms with Crippen LogP contribution in [-0.4, -0.2) is 58.9 Å². The summed E-state index contributed by atoms with van der Waals surface area (Å²) in [6.07, 6.45) is 0.342. The first-order chi connectivity index (χ1) is 16.9. The quantitative estimate of drug-likeness (QED) is 0.194. The highest BCUT2D eigenvalue weighted by atomic mass is 16.4. The summed E-state index contributed by atoms with van der Waals surface area (Å²) in [5, 5.41) is 17.2. The van der Waals surface area contributed by atoms with Crippen molar-refractivity contribution in [2.24, 2.45) is 23.3 Å². The van der Waals surface area contributed by atoms with Crippen LogP contribution in [0, 0.1) is 11.8 Å². The molecule has 0 aliphatic carbocycles. The fourth-order valence-corrected chi connectivity index (χ4v) is 3.44. The van der Waals surface area contributed by atoms with Crippen LogP contribution in [-0.2, 0) is 30.4 Å². The maximum absolute atomic E-state index is 13.1. The number of hydrogen-bond donors (Lipinski definition) is 6. The molecule has 36 heavy (non-hydrogen) atoms. The molecule has 0 aliphatic heterocycles. The first kappa shape index (κ1) is 30.6. The Bertz CT molecular complexity index is 907. The maximum atomic E-state index is 13.1. The maximum Gasteiger partial charge on any atom is 0.326 e. The molecule has 0 saturated heterocycles. The van der Waals surface area contributed by atoms with E-state index in [4.69, 9.17) is 11.5 Å². The molecule has 5 atom stereocenters. The Morgan fingerprint density at radius 2 is 1.47 bits per heavy atom. The number of carboxylic acids is 1. The van der Waals surface area contributed by atoms with E-state index in [9.17, 15) is 29.1 Å². The number of primary amides is 1. The molecular weight excluding hydrogens is 466 g/mol. The number of nitrogens with one attached hydrogen (secondary N) is 3. The number of rotatable bonds is 15. The zero-order valence-corrected chi connectivity index (χ0v) is 21.3. The third-order valence-corrected chi connectivity index (χ3v) is 6.02. The number of carbonyl (C=O) groups is 5. The van der Waals surface area contributed by atoms with E-state index in [2.05, 4.69) is 16.0 Å². The van der Waals surface area contributed by atoms with Crippen molar-refractivity contribution < 1.29 is 29.1 Å². The van der Waals surface area contributed by atoms with Crippen molar-refractivity contribution >= 4 is 29.6 Å². The van der Waals surface area contributed by atoms with Gasteiger partial charge >= 0.3 is 5.97 Å². The van der Waals surface area contributed by atoms with Crippen molar-refractivity contribution in [3.8, 4) is 0 Å². The van der Waals surface area contributed by atoms with Crippen LogP contribution < -0.4 is 27.4 Å². The van der Waals surface area contributed by atoms with Gasteiger partial charge in [0.25, 0.3) is 0 Å². The van der Waals surface area contributed by atoms with E-state index in [1.165, 1.54) is 0 Å². The van der Waals surface area contributed by atoms with Crippen LogP contribution in [0.5, 0.6) is 0 Å². The molecule has 0 fully saturated rings. The van der Waals surface area contributed by atoms with Gasteiger partial charge in [-0.15, -0.1) is 0 Å². The van der Waals surface area contributed by atoms with E-state index in [1.807, 2.05) is 13.8 Å². The van der Waals surface area contributed by atoms with Gasteiger partial charge in [0, 0.05) is 12.8 Å². The van der Waals surface area contributed by atoms with Gasteiger partial charge in [0.2, 0.25) is 23.6 Å². The zero-order chi connectivity index (χ0) is 27.4. The Morgan fingerprint density at radius 1 is 0.889 bits per heavy atom. The van der Waals surface area contributed by atoms with Crippen molar-refractivity contribution in [2.75, 3.05) is 0 Å². The Kier molecular flexibility index (Phi) is 12.6. The van der Waals surface area contributed by atoms with Gasteiger partial charge in [0.15, 0.2) is 0 Å². The summed E-state index contributed by atoms with van der Waals surface area (Å²) in [4.78, 5) is 61.8. The molecule has 200 valence electrons. The molecule has 0 bridgehead atoms. The number of carbonyl (C=O) groups excluding carboxylic acids is 4. The minimum absolute atomic E-state index is 0.0244. The van der Waals surface area contributed by atoms with Crippen molar-refractivity contribution in [3.05, 3.63) is 35.9 Å². The molecule has 0 radical (unpaired) electrons. The van der Waals surface area contributed by atoms with Crippen molar-refractivity contribution in [2.45, 2.75) is 77.5 Å². The second-order valence-corrected chi connectivity index (χ2v) is 9.30. The lowest BCUT2D eigenvalue weighted by Crippen LogP contribution is -2.59. The summed E-state index contributed by atoms with van der Waals surface area (Å²) < 4.78 is 0. The highest BCUT2D eigenvalue weighted by Crippen LogP contribution is 2.10. The van der Waals surface area contributed by atoms with Crippen molar-refractivity contribution in [1.82, 2.24) is 16.0 Å². The molecule has 8 N–H and O–H groups in total. The second kappa shape index (κ2) is 14.8. The summed E-state index contributed by atoms with van der Waals surface area (Å²) in [5.41, 5.74) is 11.9. The topological polar surface area (TPSA) is 194 Å². The van der Waals surface area contributed by atoms with Crippen molar-refractivity contribution in [3.63, 3.8) is 0 Å². The van der Waals surface area contributed by atoms with Crippen LogP contribution >= 0.6 is 0 Å². The molecule has 11 heteroatoms. The second-order valence-electron chi connectivity index (χ2n) is 9.30. The number of aliphatic carboxylic acids is 1. The number of nitrogens with two attached hydrogens (primary N) is 2. The van der Waals surface area contributed by atoms with Gasteiger partial charge in [-0.1, -0.05) is 64.4 Å². The molecule has 1 aromatic rings. The third kappa shape index (κ3) is 10.0. The smallest absolute Gasteiger partial charge is 0.326 e. The monoisotopic (exact) mass is 505 g/mol. The molecule has 0 aromatic heterocycles. The van der Waals surface area contributed by atoms with Crippen LogP contribution in [0.25, 0.3) is 0 Å². The highest BCUT2D eigenvalue weighted by molar-refractivity contribution is 5.94. The number of carboxylic acid groups (broad SMARTS) is 1. The van der Waals surface area contributed by atoms with Crippen LogP contribution in [0.2, 0.25) is 0 Å². The first-order valence-corrected chi connectivity index (χ1v) is 12.1. The fourth-order valence-electron chi connectivity index (χ4n) is 3.44. The molecular formula is C25H39N5O6. The van der Waals surface area contributed by atoms with E-state index < -0.39 is 53.8 Å². The molecule has 0 saturated carbocycles. The van der Waals surface area contributed by atoms with E-state index in [1.54, 1.807) is 44.2 Å². The highest BCUT2D eigenvalue weighted by Gasteiger charge is 2.32. The van der Waals surface area contributed by atoms with Gasteiger partial charge < -0.3 is 32.5 Å². The lowest BCUT2D eigenvalue weighted by molar-refractivity contribution is -0.142. The summed E-state index contributed by atoms with van der Waals surface area (Å²) in [7, 11) is 0. The van der Waals surface area contributed by atoms with Gasteiger partial charge in [-0.25, -0.2) is 4.79 Å². The molecule has 0 spiro atoms. The Hall–Kier alpha value is -3.47. The molecule has 1 rings (SSSR count). The van der Waals surface area contributed by atoms with Gasteiger partial charge in [0.05, 0.1) is 6.04 Å². The van der Waals surface area contributed by atoms with E-state index in [-0.39, 0.29) is 31.1 Å². The Balaban J connectivity index is 3.02. The molecule has 0 heterocycles. The predicted octanol–water partition coefficient (Wildman–Crippen LogP) is 0.0630. The summed E-state index contributed by atoms with van der Waals surface area (Å²) >= 11 is 0. The van der Waals surface area contributed by atoms with Crippen LogP contribution in [0.15, 0.2) is 30.3 Å². The minimum atomic E-state index is -1.26. The lowest BCUT2D eigenvalue weighted by atomic mass is 9.97. The van der Waals surface area contributed by atoms with Crippen LogP contribution in [0.1, 0.15) is 52.5 Å². The predicted molar refractivity (Wildman–Crippen MR) is 134 cm³/mol. The number of amides is 4.